The lowest BCUT2D eigenvalue weighted by Gasteiger charge is -2.20. The van der Waals surface area contributed by atoms with Crippen molar-refractivity contribution < 1.29 is 9.53 Å². The monoisotopic (exact) mass is 249 g/mol. The van der Waals surface area contributed by atoms with E-state index in [2.05, 4.69) is 6.92 Å². The minimum absolute atomic E-state index is 0.0396. The number of carbonyl (C=O) groups is 1. The smallest absolute Gasteiger partial charge is 0.257 e. The maximum Gasteiger partial charge on any atom is 0.257 e. The van der Waals surface area contributed by atoms with Crippen LogP contribution in [0.15, 0.2) is 12.1 Å². The van der Waals surface area contributed by atoms with E-state index in [1.165, 1.54) is 0 Å². The Morgan fingerprint density at radius 2 is 2.00 bits per heavy atom. The van der Waals surface area contributed by atoms with Crippen molar-refractivity contribution in [2.75, 3.05) is 20.7 Å². The van der Waals surface area contributed by atoms with Gasteiger partial charge in [0.15, 0.2) is 0 Å². The second kappa shape index (κ2) is 6.43. The Labute approximate surface area is 110 Å². The molecule has 0 heterocycles. The summed E-state index contributed by atoms with van der Waals surface area (Å²) in [5.41, 5.74) is 2.76. The summed E-state index contributed by atoms with van der Waals surface area (Å²) in [6, 6.07) is 3.93. The fraction of sp³-hybridized carbons (Fsp3) is 0.533. The van der Waals surface area contributed by atoms with Crippen LogP contribution in [0, 0.1) is 13.8 Å². The minimum Gasteiger partial charge on any atom is -0.496 e. The molecule has 0 bridgehead atoms. The Balaban J connectivity index is 3.04. The molecule has 0 spiro atoms. The predicted octanol–water partition coefficient (Wildman–Crippen LogP) is 3.18. The Bertz CT molecular complexity index is 427. The number of amides is 1. The first-order valence-corrected chi connectivity index (χ1v) is 6.42. The summed E-state index contributed by atoms with van der Waals surface area (Å²) in [6.45, 7) is 6.86. The van der Waals surface area contributed by atoms with Gasteiger partial charge in [-0.3, -0.25) is 4.79 Å². The molecule has 1 aromatic carbocycles. The van der Waals surface area contributed by atoms with Crippen LogP contribution in [0.1, 0.15) is 41.3 Å². The molecule has 18 heavy (non-hydrogen) atoms. The van der Waals surface area contributed by atoms with Gasteiger partial charge in [0.1, 0.15) is 5.75 Å². The van der Waals surface area contributed by atoms with E-state index in [9.17, 15) is 4.79 Å². The number of nitrogens with zero attached hydrogens (tertiary/aromatic N) is 1. The Hall–Kier alpha value is -1.51. The molecule has 0 unspecified atom stereocenters. The maximum atomic E-state index is 12.4. The number of methoxy groups -OCH3 is 1. The molecule has 0 aliphatic heterocycles. The second-order valence-electron chi connectivity index (χ2n) is 4.74. The number of ether oxygens (including phenoxy) is 1. The number of hydrogen-bond donors (Lipinski definition) is 0. The highest BCUT2D eigenvalue weighted by molar-refractivity contribution is 5.98. The van der Waals surface area contributed by atoms with E-state index in [1.54, 1.807) is 12.0 Å². The highest BCUT2D eigenvalue weighted by atomic mass is 16.5. The van der Waals surface area contributed by atoms with Gasteiger partial charge in [0.25, 0.3) is 5.91 Å². The van der Waals surface area contributed by atoms with Gasteiger partial charge in [-0.25, -0.2) is 0 Å². The largest absolute Gasteiger partial charge is 0.496 e. The summed E-state index contributed by atoms with van der Waals surface area (Å²) in [5, 5.41) is 0. The Kier molecular flexibility index (Phi) is 5.20. The van der Waals surface area contributed by atoms with Crippen molar-refractivity contribution in [3.63, 3.8) is 0 Å². The molecule has 0 N–H and O–H groups in total. The quantitative estimate of drug-likeness (QED) is 0.802. The third-order valence-corrected chi connectivity index (χ3v) is 3.07. The normalized spacial score (nSPS) is 10.3. The van der Waals surface area contributed by atoms with Gasteiger partial charge in [0, 0.05) is 13.6 Å². The first-order chi connectivity index (χ1) is 8.51. The zero-order chi connectivity index (χ0) is 13.7. The van der Waals surface area contributed by atoms with E-state index >= 15 is 0 Å². The van der Waals surface area contributed by atoms with Crippen LogP contribution in [0.25, 0.3) is 0 Å². The summed E-state index contributed by atoms with van der Waals surface area (Å²) in [5.74, 6) is 0.707. The van der Waals surface area contributed by atoms with E-state index in [0.29, 0.717) is 11.3 Å². The van der Waals surface area contributed by atoms with Crippen molar-refractivity contribution in [1.82, 2.24) is 4.90 Å². The molecule has 3 heteroatoms. The average molecular weight is 249 g/mol. The second-order valence-corrected chi connectivity index (χ2v) is 4.74. The summed E-state index contributed by atoms with van der Waals surface area (Å²) >= 11 is 0. The Morgan fingerprint density at radius 1 is 1.33 bits per heavy atom. The summed E-state index contributed by atoms with van der Waals surface area (Å²) < 4.78 is 5.34. The molecule has 1 rings (SSSR count). The number of carbonyl (C=O) groups excluding carboxylic acids is 1. The molecule has 3 nitrogen and oxygen atoms in total. The summed E-state index contributed by atoms with van der Waals surface area (Å²) in [7, 11) is 3.45. The van der Waals surface area contributed by atoms with Crippen molar-refractivity contribution >= 4 is 5.91 Å². The van der Waals surface area contributed by atoms with Crippen molar-refractivity contribution in [2.24, 2.45) is 0 Å². The van der Waals surface area contributed by atoms with Crippen LogP contribution in [0.4, 0.5) is 0 Å². The minimum atomic E-state index is 0.0396. The molecular formula is C15H23NO2. The highest BCUT2D eigenvalue weighted by Gasteiger charge is 2.19. The average Bonchev–Trinajstić information content (AvgIpc) is 2.34. The maximum absolute atomic E-state index is 12.4. The van der Waals surface area contributed by atoms with Crippen molar-refractivity contribution in [1.29, 1.82) is 0 Å². The van der Waals surface area contributed by atoms with Crippen LogP contribution in [-0.4, -0.2) is 31.5 Å². The number of unbranched alkanes of at least 4 members (excludes halogenated alkanes) is 1. The van der Waals surface area contributed by atoms with Crippen LogP contribution >= 0.6 is 0 Å². The van der Waals surface area contributed by atoms with Crippen molar-refractivity contribution in [3.8, 4) is 5.75 Å². The lowest BCUT2D eigenvalue weighted by molar-refractivity contribution is 0.0789. The lowest BCUT2D eigenvalue weighted by Crippen LogP contribution is -2.28. The van der Waals surface area contributed by atoms with Crippen LogP contribution in [0.2, 0.25) is 0 Å². The van der Waals surface area contributed by atoms with Gasteiger partial charge in [0.05, 0.1) is 12.7 Å². The Morgan fingerprint density at radius 3 is 2.56 bits per heavy atom. The van der Waals surface area contributed by atoms with E-state index in [1.807, 2.05) is 33.0 Å². The van der Waals surface area contributed by atoms with Gasteiger partial charge in [0.2, 0.25) is 0 Å². The SMILES string of the molecule is CCCCN(C)C(=O)c1c(C)cc(C)cc1OC. The van der Waals surface area contributed by atoms with Gasteiger partial charge in [-0.1, -0.05) is 19.4 Å². The number of rotatable bonds is 5. The van der Waals surface area contributed by atoms with Crippen LogP contribution < -0.4 is 4.74 Å². The molecule has 1 amide bonds. The fourth-order valence-corrected chi connectivity index (χ4v) is 2.05. The predicted molar refractivity (Wildman–Crippen MR) is 74.3 cm³/mol. The fourth-order valence-electron chi connectivity index (χ4n) is 2.05. The third-order valence-electron chi connectivity index (χ3n) is 3.07. The van der Waals surface area contributed by atoms with Crippen molar-refractivity contribution in [2.45, 2.75) is 33.6 Å². The van der Waals surface area contributed by atoms with E-state index in [0.717, 1.165) is 30.5 Å². The zero-order valence-electron chi connectivity index (χ0n) is 12.0. The summed E-state index contributed by atoms with van der Waals surface area (Å²) in [4.78, 5) is 14.2. The topological polar surface area (TPSA) is 29.5 Å². The van der Waals surface area contributed by atoms with E-state index in [4.69, 9.17) is 4.74 Å². The molecule has 0 aliphatic rings. The third kappa shape index (κ3) is 3.25. The first-order valence-electron chi connectivity index (χ1n) is 6.42. The molecule has 0 aromatic heterocycles. The van der Waals surface area contributed by atoms with Crippen molar-refractivity contribution in [3.05, 3.63) is 28.8 Å². The molecule has 0 fully saturated rings. The first kappa shape index (κ1) is 14.6. The molecule has 0 aliphatic carbocycles. The molecule has 0 saturated carbocycles. The number of aryl methyl sites for hydroxylation is 2. The molecule has 0 atom stereocenters. The highest BCUT2D eigenvalue weighted by Crippen LogP contribution is 2.25. The van der Waals surface area contributed by atoms with Gasteiger partial charge in [-0.2, -0.15) is 0 Å². The number of benzene rings is 1. The lowest BCUT2D eigenvalue weighted by atomic mass is 10.0. The molecule has 1 aromatic rings. The molecule has 0 saturated heterocycles. The molecular weight excluding hydrogens is 226 g/mol. The molecule has 100 valence electrons. The summed E-state index contributed by atoms with van der Waals surface area (Å²) in [6.07, 6.45) is 2.11. The zero-order valence-corrected chi connectivity index (χ0v) is 12.0. The van der Waals surface area contributed by atoms with Gasteiger partial charge in [-0.05, 0) is 37.5 Å². The van der Waals surface area contributed by atoms with Crippen LogP contribution in [-0.2, 0) is 0 Å². The number of hydrogen-bond acceptors (Lipinski definition) is 2. The molecule has 0 radical (unpaired) electrons. The van der Waals surface area contributed by atoms with Crippen LogP contribution in [0.3, 0.4) is 0 Å². The van der Waals surface area contributed by atoms with E-state index in [-0.39, 0.29) is 5.91 Å². The van der Waals surface area contributed by atoms with Gasteiger partial charge in [-0.15, -0.1) is 0 Å². The standard InChI is InChI=1S/C15H23NO2/c1-6-7-8-16(4)15(17)14-12(3)9-11(2)10-13(14)18-5/h9-10H,6-8H2,1-5H3. The van der Waals surface area contributed by atoms with Gasteiger partial charge >= 0.3 is 0 Å². The van der Waals surface area contributed by atoms with Gasteiger partial charge < -0.3 is 9.64 Å². The van der Waals surface area contributed by atoms with Crippen LogP contribution in [0.5, 0.6) is 5.75 Å². The van der Waals surface area contributed by atoms with E-state index < -0.39 is 0 Å².